The Labute approximate surface area is 224 Å². The lowest BCUT2D eigenvalue weighted by atomic mass is 9.74. The third-order valence-corrected chi connectivity index (χ3v) is 8.58. The number of hydrogen-bond donors (Lipinski definition) is 1. The molecule has 2 heterocycles. The lowest BCUT2D eigenvalue weighted by Gasteiger charge is -2.59. The van der Waals surface area contributed by atoms with Crippen molar-refractivity contribution >= 4 is 10.0 Å². The normalized spacial score (nSPS) is 18.8. The van der Waals surface area contributed by atoms with Gasteiger partial charge in [-0.1, -0.05) is 26.0 Å². The highest BCUT2D eigenvalue weighted by molar-refractivity contribution is 7.88. The van der Waals surface area contributed by atoms with Crippen molar-refractivity contribution < 1.29 is 53.0 Å². The Morgan fingerprint density at radius 1 is 0.925 bits per heavy atom. The van der Waals surface area contributed by atoms with Crippen molar-refractivity contribution in [2.24, 2.45) is 5.41 Å². The number of aliphatic hydroxyl groups is 1. The van der Waals surface area contributed by atoms with E-state index in [1.807, 2.05) is 0 Å². The third kappa shape index (κ3) is 4.98. The number of benzene rings is 2. The van der Waals surface area contributed by atoms with Gasteiger partial charge < -0.3 is 5.11 Å². The summed E-state index contributed by atoms with van der Waals surface area (Å²) < 4.78 is 150. The Morgan fingerprint density at radius 2 is 1.48 bits per heavy atom. The molecule has 2 fully saturated rings. The van der Waals surface area contributed by atoms with Gasteiger partial charge in [-0.15, -0.1) is 0 Å². The van der Waals surface area contributed by atoms with Crippen LogP contribution in [-0.2, 0) is 22.2 Å². The topological polar surface area (TPSA) is 60.9 Å². The molecule has 0 unspecified atom stereocenters. The van der Waals surface area contributed by atoms with Gasteiger partial charge in [-0.05, 0) is 18.1 Å². The first-order chi connectivity index (χ1) is 18.1. The Morgan fingerprint density at radius 3 is 1.93 bits per heavy atom. The Balaban J connectivity index is 1.66. The first-order valence-corrected chi connectivity index (χ1v) is 13.8. The fourth-order valence-corrected chi connectivity index (χ4v) is 6.47. The van der Waals surface area contributed by atoms with Crippen LogP contribution in [0.5, 0.6) is 0 Å². The largest absolute Gasteiger partial charge is 0.430 e. The van der Waals surface area contributed by atoms with E-state index in [1.54, 1.807) is 4.90 Å². The monoisotopic (exact) mass is 604 g/mol. The number of nitrogens with zero attached hydrogens (tertiary/aromatic N) is 2. The molecule has 5 nitrogen and oxygen atoms in total. The van der Waals surface area contributed by atoms with Crippen molar-refractivity contribution in [2.75, 3.05) is 32.4 Å². The second kappa shape index (κ2) is 9.60. The summed E-state index contributed by atoms with van der Waals surface area (Å²) in [5.41, 5.74) is -9.40. The average Bonchev–Trinajstić information content (AvgIpc) is 2.73. The highest BCUT2D eigenvalue weighted by atomic mass is 32.2. The number of sulfonamides is 1. The van der Waals surface area contributed by atoms with Crippen LogP contribution in [-0.4, -0.2) is 67.5 Å². The minimum absolute atomic E-state index is 0.0605. The summed E-state index contributed by atoms with van der Waals surface area (Å²) in [6, 6.07) is 1.22. The first-order valence-electron chi connectivity index (χ1n) is 12.0. The highest BCUT2D eigenvalue weighted by Gasteiger charge is 2.71. The number of alkyl halides is 6. The van der Waals surface area contributed by atoms with Crippen LogP contribution in [0, 0.1) is 22.9 Å². The van der Waals surface area contributed by atoms with E-state index in [0.717, 1.165) is 12.3 Å². The zero-order valence-electron chi connectivity index (χ0n) is 21.4. The Kier molecular flexibility index (Phi) is 7.34. The second-order valence-electron chi connectivity index (χ2n) is 10.9. The quantitative estimate of drug-likeness (QED) is 0.456. The molecule has 0 bridgehead atoms. The van der Waals surface area contributed by atoms with Crippen molar-refractivity contribution in [3.8, 4) is 11.1 Å². The summed E-state index contributed by atoms with van der Waals surface area (Å²) in [6.45, 7) is 4.32. The molecule has 15 heteroatoms. The zero-order chi connectivity index (χ0) is 30.2. The van der Waals surface area contributed by atoms with E-state index in [9.17, 15) is 39.9 Å². The van der Waals surface area contributed by atoms with Crippen LogP contribution in [0.25, 0.3) is 11.1 Å². The Bertz CT molecular complexity index is 1410. The van der Waals surface area contributed by atoms with Crippen LogP contribution in [0.1, 0.15) is 36.5 Å². The van der Waals surface area contributed by atoms with Gasteiger partial charge in [-0.25, -0.2) is 25.9 Å². The summed E-state index contributed by atoms with van der Waals surface area (Å²) in [5, 5.41) is 9.56. The molecule has 1 spiro atoms. The van der Waals surface area contributed by atoms with E-state index in [2.05, 4.69) is 0 Å². The van der Waals surface area contributed by atoms with Crippen LogP contribution >= 0.6 is 0 Å². The molecule has 2 aliphatic heterocycles. The van der Waals surface area contributed by atoms with Gasteiger partial charge in [0.25, 0.3) is 5.60 Å². The van der Waals surface area contributed by atoms with Crippen LogP contribution in [0.15, 0.2) is 24.3 Å². The maximum absolute atomic E-state index is 15.6. The number of halogens is 9. The molecule has 0 aromatic heterocycles. The minimum Gasteiger partial charge on any atom is -0.369 e. The molecule has 2 saturated heterocycles. The van der Waals surface area contributed by atoms with Crippen molar-refractivity contribution in [2.45, 2.75) is 44.3 Å². The highest BCUT2D eigenvalue weighted by Crippen LogP contribution is 2.51. The molecule has 0 saturated carbocycles. The van der Waals surface area contributed by atoms with Gasteiger partial charge in [0, 0.05) is 66.0 Å². The predicted octanol–water partition coefficient (Wildman–Crippen LogP) is 5.28. The molecule has 1 N–H and O–H groups in total. The zero-order valence-corrected chi connectivity index (χ0v) is 22.2. The van der Waals surface area contributed by atoms with E-state index in [-0.39, 0.29) is 35.2 Å². The van der Waals surface area contributed by atoms with Crippen LogP contribution in [0.4, 0.5) is 39.5 Å². The van der Waals surface area contributed by atoms with E-state index >= 15 is 13.2 Å². The van der Waals surface area contributed by atoms with Crippen LogP contribution in [0.3, 0.4) is 0 Å². The van der Waals surface area contributed by atoms with E-state index in [4.69, 9.17) is 0 Å². The standard InChI is InChI=1S/C25H25F9N2O3S/c1-13(2)19-20(16-5-4-15(7-17(16)26)23(37,24(29,30)31)25(32,33)34)18(27)6-14(21(19)28)8-35-9-22(10-35)11-36(12-22)40(3,38)39/h4-7,13,37H,8-12H2,1-3H3. The van der Waals surface area contributed by atoms with Crippen LogP contribution in [0.2, 0.25) is 0 Å². The fourth-order valence-electron chi connectivity index (χ4n) is 5.45. The van der Waals surface area contributed by atoms with Crippen molar-refractivity contribution in [3.63, 3.8) is 0 Å². The SMILES string of the molecule is CC(C)c1c(F)c(CN2CC3(C2)CN(S(C)(=O)=O)C3)cc(F)c1-c1ccc(C(O)(C(F)(F)F)C(F)(F)F)cc1F. The van der Waals surface area contributed by atoms with Crippen molar-refractivity contribution in [1.29, 1.82) is 0 Å². The molecule has 40 heavy (non-hydrogen) atoms. The molecule has 2 aromatic rings. The van der Waals surface area contributed by atoms with Crippen molar-refractivity contribution in [1.82, 2.24) is 9.21 Å². The maximum Gasteiger partial charge on any atom is 0.430 e. The van der Waals surface area contributed by atoms with Gasteiger partial charge in [-0.3, -0.25) is 4.90 Å². The van der Waals surface area contributed by atoms with Gasteiger partial charge in [0.2, 0.25) is 10.0 Å². The molecule has 4 rings (SSSR count). The minimum atomic E-state index is -6.25. The Hall–Kier alpha value is -2.36. The summed E-state index contributed by atoms with van der Waals surface area (Å²) in [5.74, 6) is -4.55. The van der Waals surface area contributed by atoms with Gasteiger partial charge in [0.15, 0.2) is 0 Å². The summed E-state index contributed by atoms with van der Waals surface area (Å²) in [6.07, 6.45) is -11.4. The van der Waals surface area contributed by atoms with E-state index < -0.39 is 68.0 Å². The molecule has 0 atom stereocenters. The lowest BCUT2D eigenvalue weighted by molar-refractivity contribution is -0.376. The second-order valence-corrected chi connectivity index (χ2v) is 12.8. The molecule has 0 amide bonds. The van der Waals surface area contributed by atoms with E-state index in [0.29, 0.717) is 32.2 Å². The number of rotatable bonds is 6. The van der Waals surface area contributed by atoms with Gasteiger partial charge in [0.05, 0.1) is 6.26 Å². The average molecular weight is 605 g/mol. The number of likely N-dealkylation sites (tertiary alicyclic amines) is 1. The third-order valence-electron chi connectivity index (χ3n) is 7.39. The maximum atomic E-state index is 15.6. The molecular formula is C25H25F9N2O3S. The van der Waals surface area contributed by atoms with Gasteiger partial charge in [-0.2, -0.15) is 26.3 Å². The summed E-state index contributed by atoms with van der Waals surface area (Å²) in [7, 11) is -3.33. The summed E-state index contributed by atoms with van der Waals surface area (Å²) in [4.78, 5) is 1.77. The lowest BCUT2D eigenvalue weighted by Crippen LogP contribution is -2.72. The van der Waals surface area contributed by atoms with Gasteiger partial charge >= 0.3 is 12.4 Å². The molecular weight excluding hydrogens is 579 g/mol. The molecule has 2 aromatic carbocycles. The van der Waals surface area contributed by atoms with Crippen molar-refractivity contribution in [3.05, 3.63) is 58.4 Å². The van der Waals surface area contributed by atoms with Gasteiger partial charge in [0.1, 0.15) is 17.5 Å². The molecule has 0 aliphatic carbocycles. The van der Waals surface area contributed by atoms with E-state index in [1.165, 1.54) is 18.2 Å². The van der Waals surface area contributed by atoms with Crippen LogP contribution < -0.4 is 0 Å². The molecule has 0 radical (unpaired) electrons. The first kappa shape index (κ1) is 30.6. The fraction of sp³-hybridized carbons (Fsp3) is 0.520. The molecule has 2 aliphatic rings. The summed E-state index contributed by atoms with van der Waals surface area (Å²) >= 11 is 0. The molecule has 222 valence electrons. The number of hydrogen-bond acceptors (Lipinski definition) is 4. The predicted molar refractivity (Wildman–Crippen MR) is 126 cm³/mol. The smallest absolute Gasteiger partial charge is 0.369 e.